The third-order valence-electron chi connectivity index (χ3n) is 5.89. The van der Waals surface area contributed by atoms with E-state index in [0.717, 1.165) is 22.4 Å². The van der Waals surface area contributed by atoms with E-state index >= 15 is 0 Å². The lowest BCUT2D eigenvalue weighted by molar-refractivity contribution is 0.0691. The van der Waals surface area contributed by atoms with Crippen LogP contribution in [-0.2, 0) is 6.42 Å². The number of aromatic carboxylic acids is 1. The Bertz CT molecular complexity index is 1150. The van der Waals surface area contributed by atoms with Gasteiger partial charge in [-0.2, -0.15) is 0 Å². The zero-order chi connectivity index (χ0) is 23.4. The zero-order valence-electron chi connectivity index (χ0n) is 18.2. The quantitative estimate of drug-likeness (QED) is 0.480. The van der Waals surface area contributed by atoms with Gasteiger partial charge in [0.25, 0.3) is 0 Å². The second kappa shape index (κ2) is 10.0. The van der Waals surface area contributed by atoms with Crippen molar-refractivity contribution in [1.82, 2.24) is 5.32 Å². The molecule has 0 saturated heterocycles. The van der Waals surface area contributed by atoms with Crippen LogP contribution in [0.4, 0.5) is 8.78 Å². The van der Waals surface area contributed by atoms with E-state index < -0.39 is 11.8 Å². The number of carboxylic acids is 1. The first-order chi connectivity index (χ1) is 16.0. The van der Waals surface area contributed by atoms with Gasteiger partial charge in [-0.25, -0.2) is 13.6 Å². The van der Waals surface area contributed by atoms with E-state index in [1.54, 1.807) is 18.2 Å². The molecule has 3 aromatic carbocycles. The van der Waals surface area contributed by atoms with Crippen LogP contribution in [0.1, 0.15) is 39.4 Å². The average molecular weight is 453 g/mol. The number of ether oxygens (including phenoxy) is 2. The molecule has 3 aromatic rings. The van der Waals surface area contributed by atoms with Gasteiger partial charge in [0.1, 0.15) is 17.7 Å². The highest BCUT2D eigenvalue weighted by molar-refractivity contribution is 5.88. The first-order valence-corrected chi connectivity index (χ1v) is 10.8. The molecule has 1 heterocycles. The van der Waals surface area contributed by atoms with E-state index in [1.165, 1.54) is 25.3 Å². The number of carboxylic acid groups (broad SMARTS) is 1. The topological polar surface area (TPSA) is 67.8 Å². The van der Waals surface area contributed by atoms with Crippen LogP contribution in [-0.4, -0.2) is 37.4 Å². The number of carbonyl (C=O) groups is 1. The maximum Gasteiger partial charge on any atom is 0.338 e. The van der Waals surface area contributed by atoms with Gasteiger partial charge in [0.15, 0.2) is 11.6 Å². The minimum absolute atomic E-state index is 0.109. The van der Waals surface area contributed by atoms with E-state index in [9.17, 15) is 18.7 Å². The molecule has 0 spiro atoms. The van der Waals surface area contributed by atoms with Gasteiger partial charge >= 0.3 is 5.97 Å². The Morgan fingerprint density at radius 3 is 2.70 bits per heavy atom. The summed E-state index contributed by atoms with van der Waals surface area (Å²) in [6, 6.07) is 16.7. The normalized spacial score (nSPS) is 17.2. The number of rotatable bonds is 8. The lowest BCUT2D eigenvalue weighted by Gasteiger charge is -2.33. The minimum Gasteiger partial charge on any atom is -0.494 e. The number of para-hydroxylation sites is 1. The Kier molecular flexibility index (Phi) is 6.89. The van der Waals surface area contributed by atoms with Gasteiger partial charge in [0, 0.05) is 18.0 Å². The third-order valence-corrected chi connectivity index (χ3v) is 5.89. The van der Waals surface area contributed by atoms with E-state index in [2.05, 4.69) is 5.32 Å². The van der Waals surface area contributed by atoms with Gasteiger partial charge in [-0.15, -0.1) is 0 Å². The predicted molar refractivity (Wildman–Crippen MR) is 120 cm³/mol. The molecule has 0 aliphatic carbocycles. The number of hydrogen-bond acceptors (Lipinski definition) is 4. The first-order valence-electron chi connectivity index (χ1n) is 10.8. The van der Waals surface area contributed by atoms with Crippen molar-refractivity contribution in [3.63, 3.8) is 0 Å². The summed E-state index contributed by atoms with van der Waals surface area (Å²) in [4.78, 5) is 11.4. The molecular formula is C26H25F2NO4. The number of methoxy groups -OCH3 is 1. The Morgan fingerprint density at radius 1 is 1.12 bits per heavy atom. The standard InChI is InChI=1S/C26H25F2NO4/c1-32-25-12-16(6-8-23(25)28)10-11-29-15-18-14-20(19-4-2-3-5-24(19)33-18)17-7-9-22(27)21(13-17)26(30)31/h2-9,12-13,18,20,29H,10-11,14-15H2,1H3,(H,30,31). The molecule has 0 radical (unpaired) electrons. The SMILES string of the molecule is COc1cc(CCNCC2CC(c3ccc(F)c(C(=O)O)c3)c3ccccc3O2)ccc1F. The Hall–Kier alpha value is -3.45. The molecule has 0 saturated carbocycles. The lowest BCUT2D eigenvalue weighted by Crippen LogP contribution is -2.36. The maximum atomic E-state index is 13.9. The fourth-order valence-electron chi connectivity index (χ4n) is 4.21. The zero-order valence-corrected chi connectivity index (χ0v) is 18.2. The second-order valence-electron chi connectivity index (χ2n) is 8.03. The monoisotopic (exact) mass is 453 g/mol. The van der Waals surface area contributed by atoms with Crippen molar-refractivity contribution in [2.45, 2.75) is 24.9 Å². The molecule has 7 heteroatoms. The van der Waals surface area contributed by atoms with Crippen molar-refractivity contribution >= 4 is 5.97 Å². The van der Waals surface area contributed by atoms with Crippen molar-refractivity contribution in [2.24, 2.45) is 0 Å². The van der Waals surface area contributed by atoms with Crippen molar-refractivity contribution in [1.29, 1.82) is 0 Å². The van der Waals surface area contributed by atoms with Gasteiger partial charge in [0.2, 0.25) is 0 Å². The van der Waals surface area contributed by atoms with Gasteiger partial charge in [-0.1, -0.05) is 30.3 Å². The number of fused-ring (bicyclic) bond motifs is 1. The van der Waals surface area contributed by atoms with E-state index in [4.69, 9.17) is 9.47 Å². The fraction of sp³-hybridized carbons (Fsp3) is 0.269. The molecule has 33 heavy (non-hydrogen) atoms. The molecule has 5 nitrogen and oxygen atoms in total. The molecule has 1 aliphatic heterocycles. The molecule has 172 valence electrons. The van der Waals surface area contributed by atoms with Gasteiger partial charge < -0.3 is 19.9 Å². The van der Waals surface area contributed by atoms with Gasteiger partial charge in [0.05, 0.1) is 12.7 Å². The number of hydrogen-bond donors (Lipinski definition) is 2. The van der Waals surface area contributed by atoms with Crippen LogP contribution in [0.2, 0.25) is 0 Å². The van der Waals surface area contributed by atoms with Crippen LogP contribution >= 0.6 is 0 Å². The molecule has 2 atom stereocenters. The minimum atomic E-state index is -1.29. The smallest absolute Gasteiger partial charge is 0.338 e. The van der Waals surface area contributed by atoms with E-state index in [0.29, 0.717) is 25.9 Å². The van der Waals surface area contributed by atoms with Crippen LogP contribution < -0.4 is 14.8 Å². The van der Waals surface area contributed by atoms with Crippen LogP contribution in [0.3, 0.4) is 0 Å². The van der Waals surface area contributed by atoms with Gasteiger partial charge in [-0.3, -0.25) is 0 Å². The van der Waals surface area contributed by atoms with Crippen LogP contribution in [0.25, 0.3) is 0 Å². The lowest BCUT2D eigenvalue weighted by atomic mass is 9.83. The number of benzene rings is 3. The molecule has 0 bridgehead atoms. The summed E-state index contributed by atoms with van der Waals surface area (Å²) >= 11 is 0. The summed E-state index contributed by atoms with van der Waals surface area (Å²) < 4.78 is 38.7. The molecule has 2 unspecified atom stereocenters. The second-order valence-corrected chi connectivity index (χ2v) is 8.03. The average Bonchev–Trinajstić information content (AvgIpc) is 2.82. The van der Waals surface area contributed by atoms with E-state index in [1.807, 2.05) is 24.3 Å². The third kappa shape index (κ3) is 5.14. The summed E-state index contributed by atoms with van der Waals surface area (Å²) in [5.41, 5.74) is 2.32. The Labute approximate surface area is 191 Å². The van der Waals surface area contributed by atoms with E-state index in [-0.39, 0.29) is 29.2 Å². The van der Waals surface area contributed by atoms with Crippen molar-refractivity contribution in [3.05, 3.63) is 94.6 Å². The Balaban J connectivity index is 1.44. The molecule has 0 fully saturated rings. The molecular weight excluding hydrogens is 428 g/mol. The summed E-state index contributed by atoms with van der Waals surface area (Å²) in [5, 5.41) is 12.7. The number of halogens is 2. The largest absolute Gasteiger partial charge is 0.494 e. The summed E-state index contributed by atoms with van der Waals surface area (Å²) in [5.74, 6) is -1.57. The highest BCUT2D eigenvalue weighted by Gasteiger charge is 2.30. The first kappa shape index (κ1) is 22.7. The van der Waals surface area contributed by atoms with Crippen molar-refractivity contribution in [2.75, 3.05) is 20.2 Å². The highest BCUT2D eigenvalue weighted by Crippen LogP contribution is 2.40. The highest BCUT2D eigenvalue weighted by atomic mass is 19.1. The maximum absolute atomic E-state index is 13.9. The Morgan fingerprint density at radius 2 is 1.91 bits per heavy atom. The fourth-order valence-corrected chi connectivity index (χ4v) is 4.21. The molecule has 1 aliphatic rings. The molecule has 0 aromatic heterocycles. The van der Waals surface area contributed by atoms with Gasteiger partial charge in [-0.05, 0) is 60.8 Å². The van der Waals surface area contributed by atoms with Crippen molar-refractivity contribution < 1.29 is 28.2 Å². The predicted octanol–water partition coefficient (Wildman–Crippen LogP) is 4.79. The molecule has 2 N–H and O–H groups in total. The van der Waals surface area contributed by atoms with Crippen LogP contribution in [0.5, 0.6) is 11.5 Å². The molecule has 4 rings (SSSR count). The van der Waals surface area contributed by atoms with Crippen LogP contribution in [0, 0.1) is 11.6 Å². The number of nitrogens with one attached hydrogen (secondary N) is 1. The summed E-state index contributed by atoms with van der Waals surface area (Å²) in [7, 11) is 1.44. The molecule has 0 amide bonds. The summed E-state index contributed by atoms with van der Waals surface area (Å²) in [6.07, 6.45) is 1.17. The van der Waals surface area contributed by atoms with Crippen LogP contribution in [0.15, 0.2) is 60.7 Å². The van der Waals surface area contributed by atoms with Crippen molar-refractivity contribution in [3.8, 4) is 11.5 Å². The summed E-state index contributed by atoms with van der Waals surface area (Å²) in [6.45, 7) is 1.25.